The fourth-order valence-electron chi connectivity index (χ4n) is 2.85. The Morgan fingerprint density at radius 2 is 1.86 bits per heavy atom. The molecule has 28 heavy (non-hydrogen) atoms. The number of amides is 2. The minimum atomic E-state index is -0.586. The summed E-state index contributed by atoms with van der Waals surface area (Å²) >= 11 is 0. The van der Waals surface area contributed by atoms with Crippen molar-refractivity contribution < 1.29 is 18.7 Å². The number of carbonyl (C=O) groups is 2. The number of esters is 1. The van der Waals surface area contributed by atoms with Crippen LogP contribution in [0.3, 0.4) is 0 Å². The van der Waals surface area contributed by atoms with E-state index >= 15 is 0 Å². The van der Waals surface area contributed by atoms with Gasteiger partial charge in [-0.3, -0.25) is 0 Å². The van der Waals surface area contributed by atoms with E-state index in [4.69, 9.17) is 4.42 Å². The molecule has 1 N–H and O–H groups in total. The Bertz CT molecular complexity index is 999. The number of nitrogens with zero attached hydrogens (tertiary/aromatic N) is 2. The van der Waals surface area contributed by atoms with Gasteiger partial charge in [-0.2, -0.15) is 0 Å². The first-order chi connectivity index (χ1) is 13.3. The Hall–Kier alpha value is -3.35. The van der Waals surface area contributed by atoms with Crippen LogP contribution in [-0.2, 0) is 11.3 Å². The summed E-state index contributed by atoms with van der Waals surface area (Å²) in [5.74, 6) is -0.332. The van der Waals surface area contributed by atoms with E-state index in [1.807, 2.05) is 63.2 Å². The zero-order chi connectivity index (χ0) is 20.3. The van der Waals surface area contributed by atoms with Crippen LogP contribution in [0.25, 0.3) is 10.8 Å². The van der Waals surface area contributed by atoms with Gasteiger partial charge in [0.25, 0.3) is 0 Å². The molecule has 0 bridgehead atoms. The lowest BCUT2D eigenvalue weighted by Gasteiger charge is -2.34. The molecule has 7 nitrogen and oxygen atoms in total. The Morgan fingerprint density at radius 1 is 1.14 bits per heavy atom. The molecule has 2 amide bonds. The van der Waals surface area contributed by atoms with Crippen LogP contribution in [0, 0.1) is 0 Å². The predicted octanol–water partition coefficient (Wildman–Crippen LogP) is 4.45. The van der Waals surface area contributed by atoms with E-state index in [1.165, 1.54) is 13.4 Å². The van der Waals surface area contributed by atoms with E-state index in [0.717, 1.165) is 16.5 Å². The van der Waals surface area contributed by atoms with Crippen LogP contribution >= 0.6 is 0 Å². The molecule has 146 valence electrons. The standard InChI is InChI=1S/C21H23N3O4/c1-21(2,3)24(12-18-22-17(13-28-18)19(25)27-4)20(26)23-16-11-7-9-14-8-5-6-10-15(14)16/h5-11,13H,12H2,1-4H3,(H,23,26). The van der Waals surface area contributed by atoms with E-state index in [9.17, 15) is 9.59 Å². The largest absolute Gasteiger partial charge is 0.464 e. The number of urea groups is 1. The molecule has 3 rings (SSSR count). The highest BCUT2D eigenvalue weighted by Crippen LogP contribution is 2.25. The van der Waals surface area contributed by atoms with Crippen molar-refractivity contribution in [2.45, 2.75) is 32.9 Å². The van der Waals surface area contributed by atoms with Crippen LogP contribution in [0.2, 0.25) is 0 Å². The Kier molecular flexibility index (Phi) is 5.35. The zero-order valence-corrected chi connectivity index (χ0v) is 16.4. The molecular formula is C21H23N3O4. The minimum absolute atomic E-state index is 0.0702. The molecule has 0 unspecified atom stereocenters. The molecule has 0 aliphatic rings. The smallest absolute Gasteiger partial charge is 0.360 e. The number of fused-ring (bicyclic) bond motifs is 1. The van der Waals surface area contributed by atoms with Gasteiger partial charge >= 0.3 is 12.0 Å². The van der Waals surface area contributed by atoms with Crippen molar-refractivity contribution in [3.8, 4) is 0 Å². The van der Waals surface area contributed by atoms with Gasteiger partial charge < -0.3 is 19.4 Å². The van der Waals surface area contributed by atoms with Crippen LogP contribution in [0.4, 0.5) is 10.5 Å². The Labute approximate surface area is 163 Å². The van der Waals surface area contributed by atoms with E-state index < -0.39 is 11.5 Å². The number of hydrogen-bond acceptors (Lipinski definition) is 5. The van der Waals surface area contributed by atoms with Crippen LogP contribution in [-0.4, -0.2) is 34.5 Å². The molecule has 3 aromatic rings. The zero-order valence-electron chi connectivity index (χ0n) is 16.4. The number of benzene rings is 2. The number of ether oxygens (including phenoxy) is 1. The lowest BCUT2D eigenvalue weighted by atomic mass is 10.1. The number of nitrogens with one attached hydrogen (secondary N) is 1. The Balaban J connectivity index is 1.84. The summed E-state index contributed by atoms with van der Waals surface area (Å²) in [4.78, 5) is 30.3. The van der Waals surface area contributed by atoms with E-state index in [0.29, 0.717) is 0 Å². The summed E-state index contributed by atoms with van der Waals surface area (Å²) in [6.45, 7) is 5.86. The Morgan fingerprint density at radius 3 is 2.57 bits per heavy atom. The lowest BCUT2D eigenvalue weighted by molar-refractivity contribution is 0.0594. The third kappa shape index (κ3) is 4.14. The molecule has 1 heterocycles. The molecule has 0 saturated heterocycles. The number of rotatable bonds is 4. The summed E-state index contributed by atoms with van der Waals surface area (Å²) in [6, 6.07) is 13.3. The number of anilines is 1. The quantitative estimate of drug-likeness (QED) is 0.675. The van der Waals surface area contributed by atoms with Crippen LogP contribution in [0.1, 0.15) is 37.2 Å². The normalized spacial score (nSPS) is 11.3. The molecule has 0 saturated carbocycles. The molecule has 0 radical (unpaired) electrons. The minimum Gasteiger partial charge on any atom is -0.464 e. The van der Waals surface area contributed by atoms with E-state index in [2.05, 4.69) is 15.0 Å². The van der Waals surface area contributed by atoms with Crippen molar-refractivity contribution in [1.82, 2.24) is 9.88 Å². The predicted molar refractivity (Wildman–Crippen MR) is 106 cm³/mol. The number of carbonyl (C=O) groups excluding carboxylic acids is 2. The van der Waals surface area contributed by atoms with Gasteiger partial charge in [-0.25, -0.2) is 14.6 Å². The highest BCUT2D eigenvalue weighted by molar-refractivity contribution is 6.01. The molecule has 2 aromatic carbocycles. The number of oxazole rings is 1. The van der Waals surface area contributed by atoms with Crippen LogP contribution < -0.4 is 5.32 Å². The lowest BCUT2D eigenvalue weighted by Crippen LogP contribution is -2.47. The monoisotopic (exact) mass is 381 g/mol. The van der Waals surface area contributed by atoms with Crippen molar-refractivity contribution >= 4 is 28.5 Å². The second-order valence-electron chi connectivity index (χ2n) is 7.33. The highest BCUT2D eigenvalue weighted by Gasteiger charge is 2.29. The molecule has 0 aliphatic carbocycles. The third-order valence-electron chi connectivity index (χ3n) is 4.33. The maximum atomic E-state index is 13.1. The van der Waals surface area contributed by atoms with Crippen molar-refractivity contribution in [3.05, 3.63) is 60.3 Å². The second-order valence-corrected chi connectivity index (χ2v) is 7.33. The van der Waals surface area contributed by atoms with Gasteiger partial charge in [0.15, 0.2) is 5.69 Å². The average Bonchev–Trinajstić information content (AvgIpc) is 3.13. The summed E-state index contributed by atoms with van der Waals surface area (Å²) in [5.41, 5.74) is 0.287. The van der Waals surface area contributed by atoms with Gasteiger partial charge in [0.1, 0.15) is 6.26 Å². The summed E-state index contributed by atoms with van der Waals surface area (Å²) in [7, 11) is 1.27. The highest BCUT2D eigenvalue weighted by atomic mass is 16.5. The number of aromatic nitrogens is 1. The van der Waals surface area contributed by atoms with Crippen molar-refractivity contribution in [1.29, 1.82) is 0 Å². The molecule has 1 aromatic heterocycles. The maximum absolute atomic E-state index is 13.1. The second kappa shape index (κ2) is 7.72. The molecule has 0 aliphatic heterocycles. The molecule has 0 spiro atoms. The first-order valence-electron chi connectivity index (χ1n) is 8.88. The van der Waals surface area contributed by atoms with Gasteiger partial charge in [0.2, 0.25) is 5.89 Å². The van der Waals surface area contributed by atoms with Crippen molar-refractivity contribution in [2.24, 2.45) is 0 Å². The topological polar surface area (TPSA) is 84.7 Å². The van der Waals surface area contributed by atoms with Gasteiger partial charge in [-0.05, 0) is 32.2 Å². The summed E-state index contributed by atoms with van der Waals surface area (Å²) in [5, 5.41) is 4.97. The van der Waals surface area contributed by atoms with E-state index in [-0.39, 0.29) is 24.2 Å². The van der Waals surface area contributed by atoms with Crippen molar-refractivity contribution in [2.75, 3.05) is 12.4 Å². The molecule has 7 heteroatoms. The summed E-state index contributed by atoms with van der Waals surface area (Å²) in [6.07, 6.45) is 1.23. The summed E-state index contributed by atoms with van der Waals surface area (Å²) < 4.78 is 9.99. The van der Waals surface area contributed by atoms with Gasteiger partial charge in [0, 0.05) is 10.9 Å². The molecule has 0 atom stereocenters. The van der Waals surface area contributed by atoms with Crippen molar-refractivity contribution in [3.63, 3.8) is 0 Å². The average molecular weight is 381 g/mol. The molecular weight excluding hydrogens is 358 g/mol. The number of methoxy groups -OCH3 is 1. The fraction of sp³-hybridized carbons (Fsp3) is 0.286. The first kappa shape index (κ1) is 19.4. The van der Waals surface area contributed by atoms with Gasteiger partial charge in [-0.1, -0.05) is 36.4 Å². The fourth-order valence-corrected chi connectivity index (χ4v) is 2.85. The third-order valence-corrected chi connectivity index (χ3v) is 4.33. The van der Waals surface area contributed by atoms with Gasteiger partial charge in [-0.15, -0.1) is 0 Å². The first-order valence-corrected chi connectivity index (χ1v) is 8.88. The number of hydrogen-bond donors (Lipinski definition) is 1. The molecule has 0 fully saturated rings. The van der Waals surface area contributed by atoms with Crippen LogP contribution in [0.5, 0.6) is 0 Å². The maximum Gasteiger partial charge on any atom is 0.360 e. The van der Waals surface area contributed by atoms with Crippen LogP contribution in [0.15, 0.2) is 53.1 Å². The van der Waals surface area contributed by atoms with E-state index in [1.54, 1.807) is 4.90 Å². The SMILES string of the molecule is COC(=O)c1coc(CN(C(=O)Nc2cccc3ccccc23)C(C)(C)C)n1. The van der Waals surface area contributed by atoms with Gasteiger partial charge in [0.05, 0.1) is 19.3 Å².